The van der Waals surface area contributed by atoms with Gasteiger partial charge in [-0.3, -0.25) is 0 Å². The molecule has 0 aliphatic heterocycles. The van der Waals surface area contributed by atoms with E-state index in [-0.39, 0.29) is 17.7 Å². The summed E-state index contributed by atoms with van der Waals surface area (Å²) in [5.74, 6) is -0.594. The molecule has 0 heterocycles. The lowest BCUT2D eigenvalue weighted by atomic mass is 10.1. The van der Waals surface area contributed by atoms with Crippen LogP contribution in [-0.2, 0) is 16.1 Å². The third-order valence-electron chi connectivity index (χ3n) is 4.21. The maximum atomic E-state index is 12.5. The summed E-state index contributed by atoms with van der Waals surface area (Å²) in [6, 6.07) is 11.5. The lowest BCUT2D eigenvalue weighted by molar-refractivity contribution is 0.0434. The summed E-state index contributed by atoms with van der Waals surface area (Å²) in [4.78, 5) is 24.9. The molecule has 2 rings (SSSR count). The van der Waals surface area contributed by atoms with Crippen LogP contribution in [0.4, 0.5) is 0 Å². The molecule has 0 radical (unpaired) electrons. The van der Waals surface area contributed by atoms with Gasteiger partial charge in [-0.15, -0.1) is 0 Å². The molecule has 2 aromatic carbocycles. The Labute approximate surface area is 170 Å². The molecule has 0 spiro atoms. The first kappa shape index (κ1) is 21.8. The Morgan fingerprint density at radius 3 is 2.25 bits per heavy atom. The van der Waals surface area contributed by atoms with Gasteiger partial charge in [-0.05, 0) is 30.7 Å². The van der Waals surface area contributed by atoms with Crippen molar-refractivity contribution in [1.82, 2.24) is 0 Å². The topological polar surface area (TPSA) is 61.8 Å². The van der Waals surface area contributed by atoms with E-state index in [2.05, 4.69) is 6.92 Å². The Hall–Kier alpha value is -2.53. The summed E-state index contributed by atoms with van der Waals surface area (Å²) in [6.07, 6.45) is 4.04. The standard InChI is InChI=1S/C22H25ClO5/c1-3-4-5-8-13-27-21(24)18-9-6-7-10-19(18)22(25)28-15-16-11-12-17(23)14-20(16)26-2/h6-7,9-12,14H,3-5,8,13,15H2,1-2H3. The number of hydrogen-bond acceptors (Lipinski definition) is 5. The number of halogens is 1. The maximum Gasteiger partial charge on any atom is 0.339 e. The highest BCUT2D eigenvalue weighted by Gasteiger charge is 2.19. The van der Waals surface area contributed by atoms with E-state index in [4.69, 9.17) is 25.8 Å². The number of unbranched alkanes of at least 4 members (excludes halogenated alkanes) is 3. The van der Waals surface area contributed by atoms with Gasteiger partial charge in [0, 0.05) is 10.6 Å². The van der Waals surface area contributed by atoms with E-state index in [0.29, 0.717) is 22.9 Å². The van der Waals surface area contributed by atoms with Gasteiger partial charge in [-0.1, -0.05) is 56.0 Å². The molecule has 0 saturated heterocycles. The second kappa shape index (κ2) is 11.3. The van der Waals surface area contributed by atoms with Crippen LogP contribution < -0.4 is 4.74 Å². The van der Waals surface area contributed by atoms with E-state index < -0.39 is 11.9 Å². The molecule has 0 atom stereocenters. The molecule has 28 heavy (non-hydrogen) atoms. The van der Waals surface area contributed by atoms with E-state index in [0.717, 1.165) is 25.7 Å². The van der Waals surface area contributed by atoms with Gasteiger partial charge in [-0.2, -0.15) is 0 Å². The first-order valence-corrected chi connectivity index (χ1v) is 9.70. The average molecular weight is 405 g/mol. The highest BCUT2D eigenvalue weighted by molar-refractivity contribution is 6.30. The number of benzene rings is 2. The molecule has 0 amide bonds. The van der Waals surface area contributed by atoms with E-state index in [1.807, 2.05) is 0 Å². The fraction of sp³-hybridized carbons (Fsp3) is 0.364. The van der Waals surface area contributed by atoms with E-state index in [1.165, 1.54) is 7.11 Å². The van der Waals surface area contributed by atoms with Gasteiger partial charge in [0.05, 0.1) is 24.8 Å². The summed E-state index contributed by atoms with van der Waals surface area (Å²) >= 11 is 5.94. The van der Waals surface area contributed by atoms with Crippen molar-refractivity contribution in [2.75, 3.05) is 13.7 Å². The van der Waals surface area contributed by atoms with Crippen molar-refractivity contribution in [2.24, 2.45) is 0 Å². The Morgan fingerprint density at radius 1 is 0.929 bits per heavy atom. The zero-order valence-electron chi connectivity index (χ0n) is 16.2. The summed E-state index contributed by atoms with van der Waals surface area (Å²) in [5, 5.41) is 0.527. The smallest absolute Gasteiger partial charge is 0.339 e. The number of esters is 2. The van der Waals surface area contributed by atoms with Crippen molar-refractivity contribution < 1.29 is 23.8 Å². The highest BCUT2D eigenvalue weighted by atomic mass is 35.5. The van der Waals surface area contributed by atoms with Crippen LogP contribution in [0.25, 0.3) is 0 Å². The van der Waals surface area contributed by atoms with Crippen molar-refractivity contribution in [3.8, 4) is 5.75 Å². The predicted octanol–water partition coefficient (Wildman–Crippen LogP) is 5.44. The Bertz CT molecular complexity index is 803. The number of carbonyl (C=O) groups is 2. The first-order chi connectivity index (χ1) is 13.6. The summed E-state index contributed by atoms with van der Waals surface area (Å²) in [6.45, 7) is 2.46. The van der Waals surface area contributed by atoms with E-state index in [9.17, 15) is 9.59 Å². The lowest BCUT2D eigenvalue weighted by Gasteiger charge is -2.12. The van der Waals surface area contributed by atoms with Crippen molar-refractivity contribution in [1.29, 1.82) is 0 Å². The molecule has 0 saturated carbocycles. The van der Waals surface area contributed by atoms with E-state index >= 15 is 0 Å². The molecular formula is C22H25ClO5. The number of rotatable bonds is 10. The SMILES string of the molecule is CCCCCCOC(=O)c1ccccc1C(=O)OCc1ccc(Cl)cc1OC. The zero-order valence-corrected chi connectivity index (χ0v) is 17.0. The van der Waals surface area contributed by atoms with Crippen LogP contribution in [-0.4, -0.2) is 25.7 Å². The van der Waals surface area contributed by atoms with Crippen LogP contribution in [0, 0.1) is 0 Å². The maximum absolute atomic E-state index is 12.5. The quantitative estimate of drug-likeness (QED) is 0.389. The van der Waals surface area contributed by atoms with Crippen LogP contribution in [0.3, 0.4) is 0 Å². The van der Waals surface area contributed by atoms with Gasteiger partial charge < -0.3 is 14.2 Å². The molecule has 0 N–H and O–H groups in total. The minimum absolute atomic E-state index is 0.000421. The average Bonchev–Trinajstić information content (AvgIpc) is 2.72. The third-order valence-corrected chi connectivity index (χ3v) is 4.44. The fourth-order valence-corrected chi connectivity index (χ4v) is 2.83. The van der Waals surface area contributed by atoms with Crippen LogP contribution >= 0.6 is 11.6 Å². The molecule has 0 aromatic heterocycles. The zero-order chi connectivity index (χ0) is 20.4. The van der Waals surface area contributed by atoms with Crippen LogP contribution in [0.1, 0.15) is 58.9 Å². The number of hydrogen-bond donors (Lipinski definition) is 0. The lowest BCUT2D eigenvalue weighted by Crippen LogP contribution is -2.14. The van der Waals surface area contributed by atoms with Crippen LogP contribution in [0.5, 0.6) is 5.75 Å². The van der Waals surface area contributed by atoms with Gasteiger partial charge in [0.25, 0.3) is 0 Å². The predicted molar refractivity (Wildman–Crippen MR) is 108 cm³/mol. The van der Waals surface area contributed by atoms with Gasteiger partial charge in [0.15, 0.2) is 0 Å². The van der Waals surface area contributed by atoms with Crippen molar-refractivity contribution in [2.45, 2.75) is 39.2 Å². The molecule has 0 aliphatic rings. The molecule has 2 aromatic rings. The Kier molecular flexibility index (Phi) is 8.82. The monoisotopic (exact) mass is 404 g/mol. The highest BCUT2D eigenvalue weighted by Crippen LogP contribution is 2.24. The molecule has 0 unspecified atom stereocenters. The fourth-order valence-electron chi connectivity index (χ4n) is 2.67. The third kappa shape index (κ3) is 6.27. The second-order valence-electron chi connectivity index (χ2n) is 6.27. The normalized spacial score (nSPS) is 10.4. The summed E-state index contributed by atoms with van der Waals surface area (Å²) in [5.41, 5.74) is 1.05. The van der Waals surface area contributed by atoms with Gasteiger partial charge in [0.2, 0.25) is 0 Å². The molecule has 0 bridgehead atoms. The molecule has 150 valence electrons. The summed E-state index contributed by atoms with van der Waals surface area (Å²) < 4.78 is 15.9. The summed E-state index contributed by atoms with van der Waals surface area (Å²) in [7, 11) is 1.52. The Morgan fingerprint density at radius 2 is 1.61 bits per heavy atom. The van der Waals surface area contributed by atoms with Crippen LogP contribution in [0.2, 0.25) is 5.02 Å². The number of methoxy groups -OCH3 is 1. The minimum atomic E-state index is -0.601. The molecule has 6 heteroatoms. The second-order valence-corrected chi connectivity index (χ2v) is 6.71. The van der Waals surface area contributed by atoms with Gasteiger partial charge >= 0.3 is 11.9 Å². The van der Waals surface area contributed by atoms with Crippen molar-refractivity contribution >= 4 is 23.5 Å². The first-order valence-electron chi connectivity index (χ1n) is 9.32. The molecule has 5 nitrogen and oxygen atoms in total. The van der Waals surface area contributed by atoms with E-state index in [1.54, 1.807) is 42.5 Å². The largest absolute Gasteiger partial charge is 0.496 e. The molecule has 0 fully saturated rings. The minimum Gasteiger partial charge on any atom is -0.496 e. The van der Waals surface area contributed by atoms with Gasteiger partial charge in [0.1, 0.15) is 12.4 Å². The van der Waals surface area contributed by atoms with Gasteiger partial charge in [-0.25, -0.2) is 9.59 Å². The van der Waals surface area contributed by atoms with Crippen molar-refractivity contribution in [3.05, 3.63) is 64.2 Å². The van der Waals surface area contributed by atoms with Crippen LogP contribution in [0.15, 0.2) is 42.5 Å². The molecular weight excluding hydrogens is 380 g/mol. The number of carbonyl (C=O) groups excluding carboxylic acids is 2. The Balaban J connectivity index is 2.01. The number of ether oxygens (including phenoxy) is 3. The molecule has 0 aliphatic carbocycles. The van der Waals surface area contributed by atoms with Crippen molar-refractivity contribution in [3.63, 3.8) is 0 Å².